The van der Waals surface area contributed by atoms with Crippen LogP contribution in [0.15, 0.2) is 67.0 Å². The van der Waals surface area contributed by atoms with Crippen molar-refractivity contribution in [2.75, 3.05) is 13.2 Å². The van der Waals surface area contributed by atoms with Crippen molar-refractivity contribution in [1.29, 1.82) is 0 Å². The first-order chi connectivity index (χ1) is 14.6. The number of benzene rings is 1. The number of hydrogen-bond donors (Lipinski definition) is 1. The molecule has 0 saturated carbocycles. The van der Waals surface area contributed by atoms with Gasteiger partial charge in [-0.1, -0.05) is 12.1 Å². The molecule has 3 heterocycles. The minimum Gasteiger partial charge on any atom is -0.465 e. The van der Waals surface area contributed by atoms with Crippen LogP contribution in [0.4, 0.5) is 4.39 Å². The van der Waals surface area contributed by atoms with Gasteiger partial charge in [-0.2, -0.15) is 0 Å². The van der Waals surface area contributed by atoms with Crippen molar-refractivity contribution in [2.45, 2.75) is 19.0 Å². The number of halogens is 1. The molecule has 1 aliphatic heterocycles. The summed E-state index contributed by atoms with van der Waals surface area (Å²) < 4.78 is 20.9. The number of carbonyl (C=O) groups excluding carboxylic acids is 1. The Bertz CT molecular complexity index is 1060. The van der Waals surface area contributed by atoms with Crippen LogP contribution < -0.4 is 5.32 Å². The first kappa shape index (κ1) is 20.0. The van der Waals surface area contributed by atoms with E-state index in [-0.39, 0.29) is 30.4 Å². The summed E-state index contributed by atoms with van der Waals surface area (Å²) in [6.45, 7) is 2.06. The molecule has 0 radical (unpaired) electrons. The zero-order chi connectivity index (χ0) is 21.1. The summed E-state index contributed by atoms with van der Waals surface area (Å²) >= 11 is 5.56. The van der Waals surface area contributed by atoms with E-state index in [1.165, 1.54) is 12.1 Å². The number of hydrogen-bond acceptors (Lipinski definition) is 4. The third kappa shape index (κ3) is 3.91. The van der Waals surface area contributed by atoms with Gasteiger partial charge in [-0.25, -0.2) is 4.39 Å². The van der Waals surface area contributed by atoms with Gasteiger partial charge in [0.2, 0.25) is 0 Å². The van der Waals surface area contributed by atoms with Crippen LogP contribution in [0.25, 0.3) is 5.69 Å². The molecule has 0 aliphatic carbocycles. The average Bonchev–Trinajstić information content (AvgIpc) is 3.34. The Hall–Kier alpha value is -3.26. The Labute approximate surface area is 179 Å². The van der Waals surface area contributed by atoms with Gasteiger partial charge in [0.15, 0.2) is 5.11 Å². The second-order valence-electron chi connectivity index (χ2n) is 6.84. The highest BCUT2D eigenvalue weighted by Crippen LogP contribution is 2.39. The average molecular weight is 425 g/mol. The molecule has 2 aromatic heterocycles. The normalized spacial score (nSPS) is 18.3. The summed E-state index contributed by atoms with van der Waals surface area (Å²) in [5.74, 6) is -0.686. The van der Waals surface area contributed by atoms with Crippen molar-refractivity contribution in [3.63, 3.8) is 0 Å². The zero-order valence-corrected chi connectivity index (χ0v) is 17.2. The molecule has 1 fully saturated rings. The molecular weight excluding hydrogens is 403 g/mol. The first-order valence-electron chi connectivity index (χ1n) is 9.65. The van der Waals surface area contributed by atoms with Gasteiger partial charge in [0.05, 0.1) is 24.4 Å². The maximum atomic E-state index is 13.9. The topological polar surface area (TPSA) is 59.4 Å². The second kappa shape index (κ2) is 8.62. The number of aromatic nitrogens is 2. The molecule has 2 atom stereocenters. The van der Waals surface area contributed by atoms with E-state index in [0.717, 1.165) is 11.4 Å². The van der Waals surface area contributed by atoms with Crippen LogP contribution in [0, 0.1) is 5.82 Å². The molecule has 1 saturated heterocycles. The summed E-state index contributed by atoms with van der Waals surface area (Å²) in [7, 11) is 0. The molecular formula is C22H21FN4O2S. The molecule has 0 amide bonds. The third-order valence-electron chi connectivity index (χ3n) is 4.97. The smallest absolute Gasteiger partial charge is 0.325 e. The second-order valence-corrected chi connectivity index (χ2v) is 7.23. The number of carbonyl (C=O) groups is 1. The largest absolute Gasteiger partial charge is 0.465 e. The van der Waals surface area contributed by atoms with Crippen molar-refractivity contribution in [2.24, 2.45) is 0 Å². The maximum absolute atomic E-state index is 13.9. The molecule has 0 spiro atoms. The van der Waals surface area contributed by atoms with Crippen LogP contribution in [0.1, 0.15) is 30.4 Å². The van der Waals surface area contributed by atoms with E-state index in [9.17, 15) is 9.18 Å². The predicted molar refractivity (Wildman–Crippen MR) is 115 cm³/mol. The summed E-state index contributed by atoms with van der Waals surface area (Å²) in [4.78, 5) is 18.6. The first-order valence-corrected chi connectivity index (χ1v) is 10.1. The highest BCUT2D eigenvalue weighted by atomic mass is 32.1. The third-order valence-corrected chi connectivity index (χ3v) is 5.32. The molecule has 1 aliphatic rings. The number of rotatable bonds is 6. The van der Waals surface area contributed by atoms with Gasteiger partial charge in [0, 0.05) is 23.8 Å². The highest BCUT2D eigenvalue weighted by molar-refractivity contribution is 7.80. The van der Waals surface area contributed by atoms with E-state index in [2.05, 4.69) is 10.3 Å². The van der Waals surface area contributed by atoms with Crippen molar-refractivity contribution >= 4 is 23.3 Å². The molecule has 6 nitrogen and oxygen atoms in total. The fourth-order valence-corrected chi connectivity index (χ4v) is 4.04. The summed E-state index contributed by atoms with van der Waals surface area (Å²) in [6.07, 6.45) is 3.58. The lowest BCUT2D eigenvalue weighted by Crippen LogP contribution is -2.36. The van der Waals surface area contributed by atoms with Gasteiger partial charge in [-0.15, -0.1) is 0 Å². The van der Waals surface area contributed by atoms with E-state index in [1.807, 2.05) is 47.2 Å². The Morgan fingerprint density at radius 3 is 2.83 bits per heavy atom. The van der Waals surface area contributed by atoms with Gasteiger partial charge >= 0.3 is 5.97 Å². The van der Waals surface area contributed by atoms with E-state index in [0.29, 0.717) is 17.4 Å². The van der Waals surface area contributed by atoms with Gasteiger partial charge in [0.25, 0.3) is 0 Å². The number of thiocarbonyl (C=S) groups is 1. The summed E-state index contributed by atoms with van der Waals surface area (Å²) in [6, 6.07) is 15.2. The highest BCUT2D eigenvalue weighted by Gasteiger charge is 2.42. The molecule has 0 unspecified atom stereocenters. The molecule has 8 heteroatoms. The predicted octanol–water partition coefficient (Wildman–Crippen LogP) is 3.55. The van der Waals surface area contributed by atoms with E-state index >= 15 is 0 Å². The minimum atomic E-state index is -0.364. The van der Waals surface area contributed by atoms with Gasteiger partial charge in [-0.05, 0) is 61.6 Å². The van der Waals surface area contributed by atoms with Gasteiger partial charge < -0.3 is 19.5 Å². The lowest BCUT2D eigenvalue weighted by Gasteiger charge is -2.28. The molecule has 3 aromatic rings. The Morgan fingerprint density at radius 1 is 1.23 bits per heavy atom. The van der Waals surface area contributed by atoms with E-state index in [1.54, 1.807) is 24.1 Å². The molecule has 30 heavy (non-hydrogen) atoms. The number of ether oxygens (including phenoxy) is 1. The van der Waals surface area contributed by atoms with Crippen molar-refractivity contribution in [3.8, 4) is 5.69 Å². The van der Waals surface area contributed by atoms with Crippen LogP contribution in [0.5, 0.6) is 0 Å². The van der Waals surface area contributed by atoms with Crippen LogP contribution in [0.3, 0.4) is 0 Å². The zero-order valence-electron chi connectivity index (χ0n) is 16.4. The number of pyridine rings is 1. The molecule has 154 valence electrons. The number of esters is 1. The fraction of sp³-hybridized carbons (Fsp3) is 0.227. The van der Waals surface area contributed by atoms with Crippen LogP contribution in [-0.4, -0.2) is 38.7 Å². The van der Waals surface area contributed by atoms with Crippen LogP contribution >= 0.6 is 12.2 Å². The molecule has 1 aromatic carbocycles. The lowest BCUT2D eigenvalue weighted by molar-refractivity contribution is -0.143. The maximum Gasteiger partial charge on any atom is 0.325 e. The Balaban J connectivity index is 1.79. The number of nitrogens with one attached hydrogen (secondary N) is 1. The lowest BCUT2D eigenvalue weighted by atomic mass is 10.0. The van der Waals surface area contributed by atoms with Crippen molar-refractivity contribution in [3.05, 3.63) is 84.2 Å². The summed E-state index contributed by atoms with van der Waals surface area (Å²) in [5, 5.41) is 3.74. The Kier molecular flexibility index (Phi) is 5.76. The van der Waals surface area contributed by atoms with E-state index < -0.39 is 0 Å². The van der Waals surface area contributed by atoms with Gasteiger partial charge in [-0.3, -0.25) is 9.78 Å². The Morgan fingerprint density at radius 2 is 2.10 bits per heavy atom. The monoisotopic (exact) mass is 424 g/mol. The minimum absolute atomic E-state index is 0.00199. The number of nitrogens with zero attached hydrogens (tertiary/aromatic N) is 3. The fourth-order valence-electron chi connectivity index (χ4n) is 3.74. The van der Waals surface area contributed by atoms with Crippen molar-refractivity contribution < 1.29 is 13.9 Å². The van der Waals surface area contributed by atoms with Crippen molar-refractivity contribution in [1.82, 2.24) is 19.8 Å². The van der Waals surface area contributed by atoms with Crippen LogP contribution in [0.2, 0.25) is 0 Å². The quantitative estimate of drug-likeness (QED) is 0.483. The molecule has 4 rings (SSSR count). The SMILES string of the molecule is CCOC(=O)CN1C(=S)N[C@@H](c2ccccn2)[C@H]1c1cccn1-c1cccc(F)c1. The van der Waals surface area contributed by atoms with E-state index in [4.69, 9.17) is 17.0 Å². The van der Waals surface area contributed by atoms with Gasteiger partial charge in [0.1, 0.15) is 12.4 Å². The standard InChI is InChI=1S/C22H21FN4O2S/c1-2-29-19(28)14-27-21(20(25-22(27)30)17-9-3-4-11-24-17)18-10-6-12-26(18)16-8-5-7-15(23)13-16/h3-13,20-21H,2,14H2,1H3,(H,25,30)/t20-,21+/m0/s1. The van der Waals surface area contributed by atoms with Crippen LogP contribution in [-0.2, 0) is 9.53 Å². The molecule has 0 bridgehead atoms. The summed E-state index contributed by atoms with van der Waals surface area (Å²) in [5.41, 5.74) is 2.33. The molecule has 1 N–H and O–H groups in total.